The molecule has 0 saturated carbocycles. The summed E-state index contributed by atoms with van der Waals surface area (Å²) in [6.07, 6.45) is 3.47. The van der Waals surface area contributed by atoms with Gasteiger partial charge in [0, 0.05) is 10.6 Å². The van der Waals surface area contributed by atoms with Gasteiger partial charge in [-0.25, -0.2) is 0 Å². The van der Waals surface area contributed by atoms with E-state index < -0.39 is 0 Å². The first-order chi connectivity index (χ1) is 7.45. The lowest BCUT2D eigenvalue weighted by molar-refractivity contribution is 0.346. The third kappa shape index (κ3) is 3.80. The van der Waals surface area contributed by atoms with Crippen molar-refractivity contribution in [2.24, 2.45) is 11.7 Å². The van der Waals surface area contributed by atoms with E-state index in [1.807, 2.05) is 24.3 Å². The summed E-state index contributed by atoms with van der Waals surface area (Å²) in [6.45, 7) is 6.58. The molecule has 0 aromatic heterocycles. The summed E-state index contributed by atoms with van der Waals surface area (Å²) in [4.78, 5) is 0. The molecule has 0 heterocycles. The van der Waals surface area contributed by atoms with E-state index in [4.69, 9.17) is 17.3 Å². The summed E-state index contributed by atoms with van der Waals surface area (Å²) in [5.41, 5.74) is 7.29. The van der Waals surface area contributed by atoms with E-state index in [0.717, 1.165) is 11.4 Å². The van der Waals surface area contributed by atoms with Crippen molar-refractivity contribution in [2.75, 3.05) is 0 Å². The number of hydrogen-bond donors (Lipinski definition) is 1. The van der Waals surface area contributed by atoms with Gasteiger partial charge in [0.25, 0.3) is 0 Å². The second kappa shape index (κ2) is 5.70. The number of hydrogen-bond acceptors (Lipinski definition) is 1. The van der Waals surface area contributed by atoms with Crippen LogP contribution in [-0.4, -0.2) is 0 Å². The Bertz CT molecular complexity index is 316. The molecule has 0 saturated heterocycles. The van der Waals surface area contributed by atoms with Crippen LogP contribution in [0.1, 0.15) is 45.6 Å². The fraction of sp³-hybridized carbons (Fsp3) is 0.571. The smallest absolute Gasteiger partial charge is 0.0406 e. The van der Waals surface area contributed by atoms with E-state index in [0.29, 0.717) is 5.92 Å². The van der Waals surface area contributed by atoms with Crippen LogP contribution in [0.5, 0.6) is 0 Å². The molecule has 2 heteroatoms. The molecule has 0 radical (unpaired) electrons. The van der Waals surface area contributed by atoms with Gasteiger partial charge in [0.1, 0.15) is 0 Å². The van der Waals surface area contributed by atoms with Crippen molar-refractivity contribution in [1.29, 1.82) is 0 Å². The molecule has 16 heavy (non-hydrogen) atoms. The highest BCUT2D eigenvalue weighted by atomic mass is 35.5. The highest BCUT2D eigenvalue weighted by molar-refractivity contribution is 6.30. The second-order valence-electron chi connectivity index (χ2n) is 5.02. The van der Waals surface area contributed by atoms with Crippen molar-refractivity contribution in [3.05, 3.63) is 34.9 Å². The molecule has 0 amide bonds. The molecule has 1 nitrogen and oxygen atoms in total. The molecule has 0 spiro atoms. The third-order valence-corrected chi connectivity index (χ3v) is 3.31. The van der Waals surface area contributed by atoms with E-state index in [1.54, 1.807) is 0 Å². The predicted octanol–water partition coefficient (Wildman–Crippen LogP) is 4.34. The summed E-state index contributed by atoms with van der Waals surface area (Å²) in [5.74, 6) is 0.663. The fourth-order valence-corrected chi connectivity index (χ4v) is 2.39. The zero-order valence-corrected chi connectivity index (χ0v) is 11.2. The van der Waals surface area contributed by atoms with E-state index in [-0.39, 0.29) is 5.54 Å². The number of rotatable bonds is 5. The Hall–Kier alpha value is -0.530. The first kappa shape index (κ1) is 13.5. The Morgan fingerprint density at radius 3 is 2.38 bits per heavy atom. The third-order valence-electron chi connectivity index (χ3n) is 3.06. The van der Waals surface area contributed by atoms with Gasteiger partial charge in [-0.3, -0.25) is 0 Å². The molecule has 2 N–H and O–H groups in total. The summed E-state index contributed by atoms with van der Waals surface area (Å²) in [7, 11) is 0. The topological polar surface area (TPSA) is 26.0 Å². The predicted molar refractivity (Wildman–Crippen MR) is 71.7 cm³/mol. The van der Waals surface area contributed by atoms with Crippen molar-refractivity contribution in [2.45, 2.75) is 45.6 Å². The van der Waals surface area contributed by atoms with Gasteiger partial charge in [-0.15, -0.1) is 0 Å². The van der Waals surface area contributed by atoms with Crippen molar-refractivity contribution >= 4 is 11.6 Å². The Kier molecular flexibility index (Phi) is 4.82. The van der Waals surface area contributed by atoms with Crippen molar-refractivity contribution in [3.8, 4) is 0 Å². The Balaban J connectivity index is 2.72. The first-order valence-corrected chi connectivity index (χ1v) is 6.38. The number of benzene rings is 1. The summed E-state index contributed by atoms with van der Waals surface area (Å²) < 4.78 is 0. The Labute approximate surface area is 104 Å². The maximum atomic E-state index is 6.38. The molecular formula is C14H22ClN. The average Bonchev–Trinajstić information content (AvgIpc) is 2.17. The molecule has 0 aliphatic rings. The van der Waals surface area contributed by atoms with Gasteiger partial charge >= 0.3 is 0 Å². The minimum absolute atomic E-state index is 0.251. The molecule has 1 aromatic rings. The van der Waals surface area contributed by atoms with E-state index in [2.05, 4.69) is 20.8 Å². The van der Waals surface area contributed by atoms with Crippen LogP contribution in [0.4, 0.5) is 0 Å². The molecule has 2 unspecified atom stereocenters. The van der Waals surface area contributed by atoms with Gasteiger partial charge in [0.05, 0.1) is 0 Å². The van der Waals surface area contributed by atoms with Crippen LogP contribution < -0.4 is 5.73 Å². The van der Waals surface area contributed by atoms with E-state index in [9.17, 15) is 0 Å². The fourth-order valence-electron chi connectivity index (χ4n) is 2.27. The minimum atomic E-state index is -0.251. The van der Waals surface area contributed by atoms with Gasteiger partial charge in [-0.05, 0) is 37.0 Å². The molecule has 0 aliphatic heterocycles. The lowest BCUT2D eigenvalue weighted by Gasteiger charge is -2.28. The summed E-state index contributed by atoms with van der Waals surface area (Å²) in [5, 5.41) is 0.765. The molecular weight excluding hydrogens is 218 g/mol. The van der Waals surface area contributed by atoms with Crippen molar-refractivity contribution < 1.29 is 0 Å². The molecule has 0 fully saturated rings. The van der Waals surface area contributed by atoms with Crippen LogP contribution in [0.2, 0.25) is 5.02 Å². The molecule has 0 bridgehead atoms. The number of nitrogens with two attached hydrogens (primary N) is 1. The van der Waals surface area contributed by atoms with Crippen LogP contribution in [0, 0.1) is 5.92 Å². The zero-order chi connectivity index (χ0) is 12.2. The van der Waals surface area contributed by atoms with E-state index in [1.165, 1.54) is 18.4 Å². The number of halogens is 1. The Morgan fingerprint density at radius 1 is 1.31 bits per heavy atom. The maximum Gasteiger partial charge on any atom is 0.0406 e. The minimum Gasteiger partial charge on any atom is -0.322 e. The molecule has 2 atom stereocenters. The van der Waals surface area contributed by atoms with Crippen LogP contribution in [0.3, 0.4) is 0 Å². The van der Waals surface area contributed by atoms with Crippen molar-refractivity contribution in [1.82, 2.24) is 0 Å². The highest BCUT2D eigenvalue weighted by Crippen LogP contribution is 2.28. The van der Waals surface area contributed by atoms with Gasteiger partial charge in [-0.1, -0.05) is 50.4 Å². The van der Waals surface area contributed by atoms with Crippen LogP contribution in [0.25, 0.3) is 0 Å². The van der Waals surface area contributed by atoms with Crippen LogP contribution >= 0.6 is 11.6 Å². The first-order valence-electron chi connectivity index (χ1n) is 6.00. The van der Waals surface area contributed by atoms with Gasteiger partial charge in [0.2, 0.25) is 0 Å². The summed E-state index contributed by atoms with van der Waals surface area (Å²) >= 11 is 5.88. The SMILES string of the molecule is CCCC(C)CC(C)(N)c1ccc(Cl)cc1. The van der Waals surface area contributed by atoms with Gasteiger partial charge in [0.15, 0.2) is 0 Å². The van der Waals surface area contributed by atoms with Crippen LogP contribution in [0.15, 0.2) is 24.3 Å². The Morgan fingerprint density at radius 2 is 1.88 bits per heavy atom. The standard InChI is InChI=1S/C14H22ClN/c1-4-5-11(2)10-14(3,16)12-6-8-13(15)9-7-12/h6-9,11H,4-5,10,16H2,1-3H3. The van der Waals surface area contributed by atoms with Crippen molar-refractivity contribution in [3.63, 3.8) is 0 Å². The second-order valence-corrected chi connectivity index (χ2v) is 5.46. The average molecular weight is 240 g/mol. The normalized spacial score (nSPS) is 16.8. The van der Waals surface area contributed by atoms with E-state index >= 15 is 0 Å². The maximum absolute atomic E-state index is 6.38. The molecule has 0 aliphatic carbocycles. The largest absolute Gasteiger partial charge is 0.322 e. The van der Waals surface area contributed by atoms with Gasteiger partial charge < -0.3 is 5.73 Å². The lowest BCUT2D eigenvalue weighted by Crippen LogP contribution is -2.34. The molecule has 1 rings (SSSR count). The highest BCUT2D eigenvalue weighted by Gasteiger charge is 2.23. The molecule has 90 valence electrons. The quantitative estimate of drug-likeness (QED) is 0.813. The zero-order valence-electron chi connectivity index (χ0n) is 10.5. The lowest BCUT2D eigenvalue weighted by atomic mass is 9.83. The van der Waals surface area contributed by atoms with Crippen LogP contribution in [-0.2, 0) is 5.54 Å². The monoisotopic (exact) mass is 239 g/mol. The van der Waals surface area contributed by atoms with Gasteiger partial charge in [-0.2, -0.15) is 0 Å². The molecule has 1 aromatic carbocycles. The summed E-state index contributed by atoms with van der Waals surface area (Å²) in [6, 6.07) is 7.88.